The average Bonchev–Trinajstić information content (AvgIpc) is 2.75. The lowest BCUT2D eigenvalue weighted by molar-refractivity contribution is 0.265. The first kappa shape index (κ1) is 16.0. The number of benzene rings is 1. The van der Waals surface area contributed by atoms with E-state index in [4.69, 9.17) is 0 Å². The second-order valence-electron chi connectivity index (χ2n) is 6.01. The molecule has 0 aliphatic carbocycles. The van der Waals surface area contributed by atoms with Crippen molar-refractivity contribution < 1.29 is 0 Å². The van der Waals surface area contributed by atoms with Crippen molar-refractivity contribution in [3.05, 3.63) is 35.4 Å². The molecular weight excluding hydrogens is 258 g/mol. The number of rotatable bonds is 6. The van der Waals surface area contributed by atoms with Crippen molar-refractivity contribution in [2.45, 2.75) is 44.6 Å². The highest BCUT2D eigenvalue weighted by Crippen LogP contribution is 2.18. The summed E-state index contributed by atoms with van der Waals surface area (Å²) in [7, 11) is 1.90. The Hall–Kier alpha value is -1.37. The molecule has 2 rings (SSSR count). The van der Waals surface area contributed by atoms with Crippen LogP contribution >= 0.6 is 0 Å². The molecule has 1 heterocycles. The molecule has 0 fully saturated rings. The number of hydrogen-bond donors (Lipinski definition) is 1. The molecule has 0 saturated heterocycles. The summed E-state index contributed by atoms with van der Waals surface area (Å²) in [6, 6.07) is 11.3. The Balaban J connectivity index is 1.82. The SMILES string of the molecule is CCC(C#N)(CCCN1CCc2ccccc2CC1)NC. The molecule has 1 unspecified atom stereocenters. The Labute approximate surface area is 129 Å². The van der Waals surface area contributed by atoms with Crippen LogP contribution in [-0.2, 0) is 12.8 Å². The monoisotopic (exact) mass is 285 g/mol. The molecule has 0 saturated carbocycles. The van der Waals surface area contributed by atoms with E-state index in [1.165, 1.54) is 11.1 Å². The number of nitriles is 1. The van der Waals surface area contributed by atoms with E-state index in [2.05, 4.69) is 47.5 Å². The molecule has 21 heavy (non-hydrogen) atoms. The number of nitrogens with zero attached hydrogens (tertiary/aromatic N) is 2. The largest absolute Gasteiger partial charge is 0.303 e. The zero-order valence-electron chi connectivity index (χ0n) is 13.4. The number of hydrogen-bond acceptors (Lipinski definition) is 3. The van der Waals surface area contributed by atoms with Crippen LogP contribution in [0.1, 0.15) is 37.3 Å². The Kier molecular flexibility index (Phi) is 5.78. The van der Waals surface area contributed by atoms with E-state index in [0.717, 1.165) is 51.7 Å². The van der Waals surface area contributed by atoms with Gasteiger partial charge in [0.25, 0.3) is 0 Å². The van der Waals surface area contributed by atoms with Crippen molar-refractivity contribution in [1.29, 1.82) is 5.26 Å². The van der Waals surface area contributed by atoms with Gasteiger partial charge in [0.15, 0.2) is 0 Å². The van der Waals surface area contributed by atoms with Crippen molar-refractivity contribution >= 4 is 0 Å². The molecule has 1 aliphatic rings. The van der Waals surface area contributed by atoms with Gasteiger partial charge in [0.2, 0.25) is 0 Å². The topological polar surface area (TPSA) is 39.1 Å². The summed E-state index contributed by atoms with van der Waals surface area (Å²) < 4.78 is 0. The van der Waals surface area contributed by atoms with Crippen LogP contribution in [0.4, 0.5) is 0 Å². The molecule has 0 radical (unpaired) electrons. The minimum atomic E-state index is -0.338. The zero-order chi connectivity index (χ0) is 15.1. The Bertz CT molecular complexity index is 458. The summed E-state index contributed by atoms with van der Waals surface area (Å²) >= 11 is 0. The van der Waals surface area contributed by atoms with Gasteiger partial charge in [-0.2, -0.15) is 5.26 Å². The van der Waals surface area contributed by atoms with Crippen molar-refractivity contribution in [3.63, 3.8) is 0 Å². The quantitative estimate of drug-likeness (QED) is 0.873. The second kappa shape index (κ2) is 7.59. The Morgan fingerprint density at radius 2 is 1.86 bits per heavy atom. The third-order valence-corrected chi connectivity index (χ3v) is 4.89. The van der Waals surface area contributed by atoms with E-state index in [9.17, 15) is 5.26 Å². The number of fused-ring (bicyclic) bond motifs is 1. The molecule has 1 aliphatic heterocycles. The molecule has 3 nitrogen and oxygen atoms in total. The van der Waals surface area contributed by atoms with Crippen LogP contribution in [0, 0.1) is 11.3 Å². The van der Waals surface area contributed by atoms with Crippen LogP contribution in [0.2, 0.25) is 0 Å². The summed E-state index contributed by atoms with van der Waals surface area (Å²) in [5, 5.41) is 12.6. The maximum Gasteiger partial charge on any atom is 0.106 e. The van der Waals surface area contributed by atoms with Gasteiger partial charge >= 0.3 is 0 Å². The van der Waals surface area contributed by atoms with Crippen molar-refractivity contribution in [2.75, 3.05) is 26.7 Å². The highest BCUT2D eigenvalue weighted by molar-refractivity contribution is 5.28. The molecule has 114 valence electrons. The van der Waals surface area contributed by atoms with E-state index in [0.29, 0.717) is 0 Å². The van der Waals surface area contributed by atoms with Gasteiger partial charge in [-0.1, -0.05) is 31.2 Å². The molecule has 0 spiro atoms. The van der Waals surface area contributed by atoms with Crippen LogP contribution in [-0.4, -0.2) is 37.1 Å². The smallest absolute Gasteiger partial charge is 0.106 e. The Morgan fingerprint density at radius 1 is 1.24 bits per heavy atom. The first-order valence-corrected chi connectivity index (χ1v) is 8.12. The fourth-order valence-corrected chi connectivity index (χ4v) is 3.21. The normalized spacial score (nSPS) is 18.3. The lowest BCUT2D eigenvalue weighted by Gasteiger charge is -2.26. The fourth-order valence-electron chi connectivity index (χ4n) is 3.21. The lowest BCUT2D eigenvalue weighted by atomic mass is 9.92. The molecule has 1 N–H and O–H groups in total. The van der Waals surface area contributed by atoms with Crippen LogP contribution in [0.5, 0.6) is 0 Å². The predicted octanol–water partition coefficient (Wildman–Crippen LogP) is 2.76. The van der Waals surface area contributed by atoms with Crippen LogP contribution in [0.15, 0.2) is 24.3 Å². The molecule has 1 atom stereocenters. The van der Waals surface area contributed by atoms with E-state index in [-0.39, 0.29) is 5.54 Å². The van der Waals surface area contributed by atoms with E-state index < -0.39 is 0 Å². The highest BCUT2D eigenvalue weighted by Gasteiger charge is 2.25. The van der Waals surface area contributed by atoms with Gasteiger partial charge in [-0.15, -0.1) is 0 Å². The van der Waals surface area contributed by atoms with Gasteiger partial charge in [0.05, 0.1) is 6.07 Å². The van der Waals surface area contributed by atoms with Gasteiger partial charge in [-0.05, 0) is 56.8 Å². The summed E-state index contributed by atoms with van der Waals surface area (Å²) in [6.07, 6.45) is 5.18. The molecule has 0 aromatic heterocycles. The maximum atomic E-state index is 9.35. The van der Waals surface area contributed by atoms with Crippen molar-refractivity contribution in [1.82, 2.24) is 10.2 Å². The highest BCUT2D eigenvalue weighted by atomic mass is 15.1. The summed E-state index contributed by atoms with van der Waals surface area (Å²) in [5.74, 6) is 0. The third kappa shape index (κ3) is 4.06. The maximum absolute atomic E-state index is 9.35. The first-order chi connectivity index (χ1) is 10.2. The summed E-state index contributed by atoms with van der Waals surface area (Å²) in [4.78, 5) is 2.55. The average molecular weight is 285 g/mol. The van der Waals surface area contributed by atoms with E-state index >= 15 is 0 Å². The van der Waals surface area contributed by atoms with E-state index in [1.807, 2.05) is 7.05 Å². The molecule has 0 bridgehead atoms. The molecular formula is C18H27N3. The van der Waals surface area contributed by atoms with Crippen LogP contribution < -0.4 is 5.32 Å². The first-order valence-electron chi connectivity index (χ1n) is 8.12. The second-order valence-corrected chi connectivity index (χ2v) is 6.01. The molecule has 0 amide bonds. The third-order valence-electron chi connectivity index (χ3n) is 4.89. The van der Waals surface area contributed by atoms with Gasteiger partial charge in [-0.3, -0.25) is 0 Å². The standard InChI is InChI=1S/C18H27N3/c1-3-18(15-19,20-2)11-6-12-21-13-9-16-7-4-5-8-17(16)10-14-21/h4-5,7-8,20H,3,6,9-14H2,1-2H3. The summed E-state index contributed by atoms with van der Waals surface area (Å²) in [5.41, 5.74) is 2.68. The Morgan fingerprint density at radius 3 is 2.33 bits per heavy atom. The van der Waals surface area contributed by atoms with E-state index in [1.54, 1.807) is 0 Å². The minimum absolute atomic E-state index is 0.338. The van der Waals surface area contributed by atoms with Gasteiger partial charge < -0.3 is 10.2 Å². The predicted molar refractivity (Wildman–Crippen MR) is 87.2 cm³/mol. The van der Waals surface area contributed by atoms with Crippen LogP contribution in [0.25, 0.3) is 0 Å². The van der Waals surface area contributed by atoms with Gasteiger partial charge in [-0.25, -0.2) is 0 Å². The van der Waals surface area contributed by atoms with Crippen molar-refractivity contribution in [3.8, 4) is 6.07 Å². The molecule has 1 aromatic carbocycles. The minimum Gasteiger partial charge on any atom is -0.303 e. The van der Waals surface area contributed by atoms with Gasteiger partial charge in [0, 0.05) is 13.1 Å². The lowest BCUT2D eigenvalue weighted by Crippen LogP contribution is -2.41. The number of nitrogens with one attached hydrogen (secondary N) is 1. The van der Waals surface area contributed by atoms with Gasteiger partial charge in [0.1, 0.15) is 5.54 Å². The van der Waals surface area contributed by atoms with Crippen LogP contribution in [0.3, 0.4) is 0 Å². The summed E-state index contributed by atoms with van der Waals surface area (Å²) in [6.45, 7) is 5.46. The molecule has 3 heteroatoms. The van der Waals surface area contributed by atoms with Crippen molar-refractivity contribution in [2.24, 2.45) is 0 Å². The zero-order valence-corrected chi connectivity index (χ0v) is 13.4. The molecule has 1 aromatic rings. The fraction of sp³-hybridized carbons (Fsp3) is 0.611.